The summed E-state index contributed by atoms with van der Waals surface area (Å²) in [6, 6.07) is 13.4. The highest BCUT2D eigenvalue weighted by Crippen LogP contribution is 2.17. The second kappa shape index (κ2) is 8.74. The molecule has 1 aliphatic rings. The van der Waals surface area contributed by atoms with Crippen molar-refractivity contribution < 1.29 is 13.2 Å². The van der Waals surface area contributed by atoms with Gasteiger partial charge in [0.05, 0.1) is 17.1 Å². The molecule has 3 aromatic rings. The molecule has 31 heavy (non-hydrogen) atoms. The lowest BCUT2D eigenvalue weighted by atomic mass is 10.2. The molecule has 0 N–H and O–H groups in total. The molecule has 1 aromatic heterocycles. The Balaban J connectivity index is 1.40. The Morgan fingerprint density at radius 1 is 1.06 bits per heavy atom. The fraction of sp³-hybridized carbons (Fsp3) is 0.300. The minimum absolute atomic E-state index is 0.0297. The van der Waals surface area contributed by atoms with Crippen LogP contribution >= 0.6 is 11.6 Å². The van der Waals surface area contributed by atoms with E-state index in [1.807, 2.05) is 4.90 Å². The van der Waals surface area contributed by atoms with Crippen molar-refractivity contribution in [1.82, 2.24) is 30.0 Å². The van der Waals surface area contributed by atoms with Gasteiger partial charge in [0.2, 0.25) is 0 Å². The monoisotopic (exact) mass is 460 g/mol. The van der Waals surface area contributed by atoms with E-state index in [9.17, 15) is 13.2 Å². The second-order valence-electron chi connectivity index (χ2n) is 7.35. The lowest BCUT2D eigenvalue weighted by Crippen LogP contribution is -2.48. The molecule has 0 unspecified atom stereocenters. The number of hydrogen-bond acceptors (Lipinski definition) is 7. The molecule has 2 heterocycles. The largest absolute Gasteiger partial charge is 0.336 e. The standard InChI is InChI=1S/C20H21ClN6O3S/c1-31(29,30)18-7-5-17(6-8-18)27-19(22-23-24-27)14-25-9-11-26(12-10-25)20(28)15-3-2-4-16(21)13-15/h2-8,13H,9-12,14H2,1H3. The highest BCUT2D eigenvalue weighted by Gasteiger charge is 2.24. The highest BCUT2D eigenvalue weighted by atomic mass is 35.5. The fourth-order valence-electron chi connectivity index (χ4n) is 3.45. The summed E-state index contributed by atoms with van der Waals surface area (Å²) in [5, 5.41) is 12.5. The van der Waals surface area contributed by atoms with Crippen LogP contribution in [0.3, 0.4) is 0 Å². The van der Waals surface area contributed by atoms with Crippen molar-refractivity contribution in [2.45, 2.75) is 11.4 Å². The summed E-state index contributed by atoms with van der Waals surface area (Å²) in [5.41, 5.74) is 1.27. The Hall–Kier alpha value is -2.82. The van der Waals surface area contributed by atoms with Gasteiger partial charge in [0.1, 0.15) is 0 Å². The maximum Gasteiger partial charge on any atom is 0.253 e. The van der Waals surface area contributed by atoms with Gasteiger partial charge >= 0.3 is 0 Å². The number of sulfone groups is 1. The molecular formula is C20H21ClN6O3S. The number of halogens is 1. The van der Waals surface area contributed by atoms with E-state index in [0.29, 0.717) is 54.8 Å². The lowest BCUT2D eigenvalue weighted by Gasteiger charge is -2.34. The molecule has 1 saturated heterocycles. The van der Waals surface area contributed by atoms with Gasteiger partial charge in [-0.3, -0.25) is 9.69 Å². The summed E-state index contributed by atoms with van der Waals surface area (Å²) in [6.07, 6.45) is 1.17. The van der Waals surface area contributed by atoms with E-state index in [0.717, 1.165) is 0 Å². The van der Waals surface area contributed by atoms with Crippen molar-refractivity contribution in [2.24, 2.45) is 0 Å². The number of rotatable bonds is 5. The normalized spacial score (nSPS) is 15.2. The zero-order chi connectivity index (χ0) is 22.0. The third kappa shape index (κ3) is 4.92. The first kappa shape index (κ1) is 21.4. The average Bonchev–Trinajstić information content (AvgIpc) is 3.21. The van der Waals surface area contributed by atoms with Crippen LogP contribution in [0, 0.1) is 0 Å². The number of carbonyl (C=O) groups excluding carboxylic acids is 1. The summed E-state index contributed by atoms with van der Waals surface area (Å²) < 4.78 is 24.9. The molecule has 11 heteroatoms. The Morgan fingerprint density at radius 3 is 2.42 bits per heavy atom. The number of benzene rings is 2. The fourth-order valence-corrected chi connectivity index (χ4v) is 4.27. The summed E-state index contributed by atoms with van der Waals surface area (Å²) in [5.74, 6) is 0.611. The molecule has 0 radical (unpaired) electrons. The van der Waals surface area contributed by atoms with Gasteiger partial charge in [-0.2, -0.15) is 4.68 Å². The maximum atomic E-state index is 12.7. The van der Waals surface area contributed by atoms with E-state index in [-0.39, 0.29) is 10.8 Å². The third-order valence-electron chi connectivity index (χ3n) is 5.14. The van der Waals surface area contributed by atoms with E-state index in [4.69, 9.17) is 11.6 Å². The van der Waals surface area contributed by atoms with Gasteiger partial charge < -0.3 is 4.90 Å². The van der Waals surface area contributed by atoms with Crippen molar-refractivity contribution >= 4 is 27.3 Å². The number of piperazine rings is 1. The Bertz CT molecular complexity index is 1190. The molecule has 4 rings (SSSR count). The Labute approximate surface area is 185 Å². The first-order valence-electron chi connectivity index (χ1n) is 9.66. The number of carbonyl (C=O) groups is 1. The van der Waals surface area contributed by atoms with Crippen LogP contribution in [0.5, 0.6) is 0 Å². The quantitative estimate of drug-likeness (QED) is 0.570. The molecule has 1 amide bonds. The number of amides is 1. The van der Waals surface area contributed by atoms with Crippen molar-refractivity contribution in [2.75, 3.05) is 32.4 Å². The summed E-state index contributed by atoms with van der Waals surface area (Å²) in [4.78, 5) is 16.9. The second-order valence-corrected chi connectivity index (χ2v) is 9.80. The topological polar surface area (TPSA) is 101 Å². The van der Waals surface area contributed by atoms with Crippen LogP contribution in [0.4, 0.5) is 0 Å². The van der Waals surface area contributed by atoms with Gasteiger partial charge in [0, 0.05) is 43.0 Å². The molecule has 0 spiro atoms. The summed E-state index contributed by atoms with van der Waals surface area (Å²) in [6.45, 7) is 3.07. The van der Waals surface area contributed by atoms with Crippen molar-refractivity contribution in [3.8, 4) is 5.69 Å². The zero-order valence-electron chi connectivity index (χ0n) is 16.8. The smallest absolute Gasteiger partial charge is 0.253 e. The van der Waals surface area contributed by atoms with Gasteiger partial charge in [0.15, 0.2) is 15.7 Å². The van der Waals surface area contributed by atoms with Crippen molar-refractivity contribution in [3.63, 3.8) is 0 Å². The van der Waals surface area contributed by atoms with E-state index in [1.54, 1.807) is 41.1 Å². The predicted molar refractivity (Wildman–Crippen MR) is 115 cm³/mol. The number of tetrazole rings is 1. The van der Waals surface area contributed by atoms with Crippen molar-refractivity contribution in [1.29, 1.82) is 0 Å². The number of nitrogens with zero attached hydrogens (tertiary/aromatic N) is 6. The minimum atomic E-state index is -3.26. The first-order chi connectivity index (χ1) is 14.8. The van der Waals surface area contributed by atoms with Crippen molar-refractivity contribution in [3.05, 3.63) is 64.9 Å². The van der Waals surface area contributed by atoms with Crippen LogP contribution in [0.1, 0.15) is 16.2 Å². The number of aromatic nitrogens is 4. The van der Waals surface area contributed by atoms with Gasteiger partial charge in [-0.25, -0.2) is 8.42 Å². The van der Waals surface area contributed by atoms with Gasteiger partial charge in [-0.15, -0.1) is 5.10 Å². The highest BCUT2D eigenvalue weighted by molar-refractivity contribution is 7.90. The molecule has 0 bridgehead atoms. The van der Waals surface area contributed by atoms with E-state index >= 15 is 0 Å². The molecule has 2 aromatic carbocycles. The Kier molecular flexibility index (Phi) is 6.03. The molecule has 162 valence electrons. The molecular weight excluding hydrogens is 440 g/mol. The van der Waals surface area contributed by atoms with Crippen LogP contribution in [-0.4, -0.2) is 76.8 Å². The molecule has 1 aliphatic heterocycles. The predicted octanol–water partition coefficient (Wildman–Crippen LogP) is 1.68. The lowest BCUT2D eigenvalue weighted by molar-refractivity contribution is 0.0624. The molecule has 1 fully saturated rings. The number of hydrogen-bond donors (Lipinski definition) is 0. The average molecular weight is 461 g/mol. The van der Waals surface area contributed by atoms with Crippen LogP contribution in [0.15, 0.2) is 53.4 Å². The van der Waals surface area contributed by atoms with Crippen LogP contribution in [0.2, 0.25) is 5.02 Å². The van der Waals surface area contributed by atoms with Gasteiger partial charge in [0.25, 0.3) is 5.91 Å². The van der Waals surface area contributed by atoms with E-state index < -0.39 is 9.84 Å². The summed E-state index contributed by atoms with van der Waals surface area (Å²) in [7, 11) is -3.26. The van der Waals surface area contributed by atoms with Crippen LogP contribution in [0.25, 0.3) is 5.69 Å². The third-order valence-corrected chi connectivity index (χ3v) is 6.50. The van der Waals surface area contributed by atoms with E-state index in [2.05, 4.69) is 20.4 Å². The first-order valence-corrected chi connectivity index (χ1v) is 11.9. The minimum Gasteiger partial charge on any atom is -0.336 e. The van der Waals surface area contributed by atoms with Crippen LogP contribution in [-0.2, 0) is 16.4 Å². The molecule has 0 atom stereocenters. The van der Waals surface area contributed by atoms with Crippen LogP contribution < -0.4 is 0 Å². The SMILES string of the molecule is CS(=O)(=O)c1ccc(-n2nnnc2CN2CCN(C(=O)c3cccc(Cl)c3)CC2)cc1. The summed E-state index contributed by atoms with van der Waals surface area (Å²) >= 11 is 6.00. The van der Waals surface area contributed by atoms with Gasteiger partial charge in [-0.05, 0) is 52.9 Å². The van der Waals surface area contributed by atoms with E-state index in [1.165, 1.54) is 18.4 Å². The molecule has 9 nitrogen and oxygen atoms in total. The molecule has 0 aliphatic carbocycles. The Morgan fingerprint density at radius 2 is 1.77 bits per heavy atom. The maximum absolute atomic E-state index is 12.7. The van der Waals surface area contributed by atoms with Gasteiger partial charge in [-0.1, -0.05) is 17.7 Å². The zero-order valence-corrected chi connectivity index (χ0v) is 18.4. The molecule has 0 saturated carbocycles.